The van der Waals surface area contributed by atoms with E-state index in [9.17, 15) is 19.7 Å². The average molecular weight is 293 g/mol. The predicted octanol–water partition coefficient (Wildman–Crippen LogP) is 1.62. The van der Waals surface area contributed by atoms with Crippen molar-refractivity contribution in [3.8, 4) is 0 Å². The quantitative estimate of drug-likeness (QED) is 0.468. The Kier molecular flexibility index (Phi) is 5.83. The molecule has 0 aliphatic rings. The number of carbonyl (C=O) groups is 2. The van der Waals surface area contributed by atoms with E-state index in [1.54, 1.807) is 11.9 Å². The van der Waals surface area contributed by atoms with E-state index in [0.717, 1.165) is 0 Å². The molecule has 7 heteroatoms. The van der Waals surface area contributed by atoms with Gasteiger partial charge in [-0.25, -0.2) is 0 Å². The van der Waals surface area contributed by atoms with E-state index in [0.29, 0.717) is 24.4 Å². The Morgan fingerprint density at radius 3 is 2.67 bits per heavy atom. The number of likely N-dealkylation sites (N-methyl/N-ethyl adjacent to an activating group) is 1. The molecule has 1 N–H and O–H groups in total. The molecule has 0 aliphatic carbocycles. The summed E-state index contributed by atoms with van der Waals surface area (Å²) in [5.41, 5.74) is 0.511. The lowest BCUT2D eigenvalue weighted by molar-refractivity contribution is -0.384. The van der Waals surface area contributed by atoms with Crippen molar-refractivity contribution < 1.29 is 14.5 Å². The van der Waals surface area contributed by atoms with Crippen LogP contribution >= 0.6 is 0 Å². The van der Waals surface area contributed by atoms with Crippen LogP contribution in [0.5, 0.6) is 0 Å². The van der Waals surface area contributed by atoms with Crippen molar-refractivity contribution in [2.75, 3.05) is 25.0 Å². The number of non-ortho nitro benzene ring substituents is 1. The zero-order valence-electron chi connectivity index (χ0n) is 12.3. The maximum absolute atomic E-state index is 11.8. The van der Waals surface area contributed by atoms with Crippen LogP contribution in [0.4, 0.5) is 11.4 Å². The minimum Gasteiger partial charge on any atom is -0.365 e. The lowest BCUT2D eigenvalue weighted by atomic mass is 10.1. The van der Waals surface area contributed by atoms with Gasteiger partial charge in [-0.1, -0.05) is 13.8 Å². The van der Waals surface area contributed by atoms with Gasteiger partial charge in [0.05, 0.1) is 11.5 Å². The highest BCUT2D eigenvalue weighted by Crippen LogP contribution is 2.23. The van der Waals surface area contributed by atoms with Gasteiger partial charge in [0.2, 0.25) is 5.91 Å². The predicted molar refractivity (Wildman–Crippen MR) is 79.6 cm³/mol. The van der Waals surface area contributed by atoms with Crippen LogP contribution in [-0.4, -0.2) is 37.3 Å². The van der Waals surface area contributed by atoms with E-state index in [-0.39, 0.29) is 23.7 Å². The van der Waals surface area contributed by atoms with Gasteiger partial charge in [-0.2, -0.15) is 0 Å². The zero-order chi connectivity index (χ0) is 16.0. The fourth-order valence-corrected chi connectivity index (χ4v) is 1.77. The molecule has 0 saturated heterocycles. The first kappa shape index (κ1) is 16.6. The number of nitrogens with one attached hydrogen (secondary N) is 1. The van der Waals surface area contributed by atoms with Crippen LogP contribution in [0.1, 0.15) is 24.2 Å². The zero-order valence-corrected chi connectivity index (χ0v) is 12.3. The third-order valence-corrected chi connectivity index (χ3v) is 2.85. The lowest BCUT2D eigenvalue weighted by Gasteiger charge is -2.20. The summed E-state index contributed by atoms with van der Waals surface area (Å²) < 4.78 is 0. The summed E-state index contributed by atoms with van der Waals surface area (Å²) in [4.78, 5) is 34.5. The highest BCUT2D eigenvalue weighted by atomic mass is 16.6. The fraction of sp³-hybridized carbons (Fsp3) is 0.429. The van der Waals surface area contributed by atoms with Gasteiger partial charge >= 0.3 is 0 Å². The molecule has 0 fully saturated rings. The molecule has 1 aromatic rings. The Labute approximate surface area is 123 Å². The van der Waals surface area contributed by atoms with E-state index in [2.05, 4.69) is 5.32 Å². The van der Waals surface area contributed by atoms with Crippen molar-refractivity contribution in [3.63, 3.8) is 0 Å². The summed E-state index contributed by atoms with van der Waals surface area (Å²) in [7, 11) is 1.66. The van der Waals surface area contributed by atoms with Crippen LogP contribution in [0, 0.1) is 16.0 Å². The van der Waals surface area contributed by atoms with E-state index in [1.165, 1.54) is 18.2 Å². The maximum atomic E-state index is 11.8. The minimum absolute atomic E-state index is 0.0748. The Hall–Kier alpha value is -2.44. The molecule has 0 heterocycles. The summed E-state index contributed by atoms with van der Waals surface area (Å²) in [6.45, 7) is 4.63. The Bertz CT molecular complexity index is 543. The molecule has 114 valence electrons. The second-order valence-corrected chi connectivity index (χ2v) is 5.17. The van der Waals surface area contributed by atoms with Gasteiger partial charge in [0.25, 0.3) is 5.69 Å². The number of nitrogens with zero attached hydrogens (tertiary/aromatic N) is 2. The summed E-state index contributed by atoms with van der Waals surface area (Å²) in [6, 6.07) is 3.98. The van der Waals surface area contributed by atoms with Gasteiger partial charge in [0.1, 0.15) is 0 Å². The second kappa shape index (κ2) is 7.37. The maximum Gasteiger partial charge on any atom is 0.270 e. The van der Waals surface area contributed by atoms with Crippen LogP contribution < -0.4 is 10.2 Å². The molecule has 0 aromatic heterocycles. The fourth-order valence-electron chi connectivity index (χ4n) is 1.77. The molecule has 0 aliphatic heterocycles. The van der Waals surface area contributed by atoms with Gasteiger partial charge in [0, 0.05) is 37.0 Å². The Morgan fingerprint density at radius 1 is 1.48 bits per heavy atom. The van der Waals surface area contributed by atoms with E-state index < -0.39 is 4.92 Å². The van der Waals surface area contributed by atoms with Crippen LogP contribution in [-0.2, 0) is 4.79 Å². The number of carbonyl (C=O) groups excluding carboxylic acids is 2. The molecule has 0 bridgehead atoms. The Balaban J connectivity index is 2.82. The number of nitro groups is 1. The molecule has 1 rings (SSSR count). The van der Waals surface area contributed by atoms with Gasteiger partial charge in [-0.15, -0.1) is 0 Å². The molecule has 1 amide bonds. The topological polar surface area (TPSA) is 92.6 Å². The number of rotatable bonds is 7. The van der Waals surface area contributed by atoms with Crippen LogP contribution in [0.3, 0.4) is 0 Å². The van der Waals surface area contributed by atoms with E-state index >= 15 is 0 Å². The average Bonchev–Trinajstić information content (AvgIpc) is 2.44. The number of nitro benzene ring substituents is 1. The molecule has 0 saturated carbocycles. The van der Waals surface area contributed by atoms with Crippen LogP contribution in [0.15, 0.2) is 18.2 Å². The monoisotopic (exact) mass is 293 g/mol. The standard InChI is InChI=1S/C14H19N3O4/c1-10(2)7-15-14(19)8-16(3)13-5-4-12(17(20)21)6-11(13)9-18/h4-6,9-10H,7-8H2,1-3H3,(H,15,19). The van der Waals surface area contributed by atoms with Crippen molar-refractivity contribution in [2.24, 2.45) is 5.92 Å². The van der Waals surface area contributed by atoms with Crippen LogP contribution in [0.2, 0.25) is 0 Å². The number of hydrogen-bond acceptors (Lipinski definition) is 5. The molecule has 21 heavy (non-hydrogen) atoms. The van der Waals surface area contributed by atoms with Crippen molar-refractivity contribution in [1.82, 2.24) is 5.32 Å². The number of benzene rings is 1. The van der Waals surface area contributed by atoms with E-state index in [1.807, 2.05) is 13.8 Å². The van der Waals surface area contributed by atoms with Crippen LogP contribution in [0.25, 0.3) is 0 Å². The minimum atomic E-state index is -0.563. The summed E-state index contributed by atoms with van der Waals surface area (Å²) in [5, 5.41) is 13.5. The largest absolute Gasteiger partial charge is 0.365 e. The molecule has 7 nitrogen and oxygen atoms in total. The second-order valence-electron chi connectivity index (χ2n) is 5.17. The normalized spacial score (nSPS) is 10.3. The third-order valence-electron chi connectivity index (χ3n) is 2.85. The molecule has 1 aromatic carbocycles. The number of amides is 1. The Morgan fingerprint density at radius 2 is 2.14 bits per heavy atom. The highest BCUT2D eigenvalue weighted by Gasteiger charge is 2.15. The summed E-state index contributed by atoms with van der Waals surface area (Å²) >= 11 is 0. The number of anilines is 1. The van der Waals surface area contributed by atoms with Crippen molar-refractivity contribution >= 4 is 23.6 Å². The molecule has 0 spiro atoms. The van der Waals surface area contributed by atoms with Crippen molar-refractivity contribution in [1.29, 1.82) is 0 Å². The summed E-state index contributed by atoms with van der Waals surface area (Å²) in [5.74, 6) is 0.186. The highest BCUT2D eigenvalue weighted by molar-refractivity contribution is 5.88. The molecule has 0 radical (unpaired) electrons. The summed E-state index contributed by atoms with van der Waals surface area (Å²) in [6.07, 6.45) is 0.546. The first-order valence-electron chi connectivity index (χ1n) is 6.56. The number of hydrogen-bond donors (Lipinski definition) is 1. The molecular weight excluding hydrogens is 274 g/mol. The molecule has 0 unspecified atom stereocenters. The lowest BCUT2D eigenvalue weighted by Crippen LogP contribution is -2.37. The van der Waals surface area contributed by atoms with Gasteiger partial charge in [0.15, 0.2) is 6.29 Å². The number of aldehydes is 1. The van der Waals surface area contributed by atoms with Gasteiger partial charge < -0.3 is 10.2 Å². The first-order valence-corrected chi connectivity index (χ1v) is 6.56. The third kappa shape index (κ3) is 4.87. The first-order chi connectivity index (χ1) is 9.85. The smallest absolute Gasteiger partial charge is 0.270 e. The van der Waals surface area contributed by atoms with E-state index in [4.69, 9.17) is 0 Å². The molecular formula is C14H19N3O4. The van der Waals surface area contributed by atoms with Crippen molar-refractivity contribution in [3.05, 3.63) is 33.9 Å². The SMILES string of the molecule is CC(C)CNC(=O)CN(C)c1ccc([N+](=O)[O-])cc1C=O. The van der Waals surface area contributed by atoms with Gasteiger partial charge in [-0.05, 0) is 12.0 Å². The molecule has 0 atom stereocenters. The van der Waals surface area contributed by atoms with Gasteiger partial charge in [-0.3, -0.25) is 19.7 Å². The van der Waals surface area contributed by atoms with Crippen molar-refractivity contribution in [2.45, 2.75) is 13.8 Å².